The Kier molecular flexibility index (Phi) is 5.39. The molecule has 0 radical (unpaired) electrons. The fourth-order valence-electron chi connectivity index (χ4n) is 3.12. The number of rotatable bonds is 6. The number of methoxy groups -OCH3 is 2. The molecule has 0 fully saturated rings. The van der Waals surface area contributed by atoms with Gasteiger partial charge in [0, 0.05) is 12.1 Å². The normalized spacial score (nSPS) is 11.3. The van der Waals surface area contributed by atoms with Crippen LogP contribution in [0.1, 0.15) is 0 Å². The highest BCUT2D eigenvalue weighted by molar-refractivity contribution is 7.87. The Morgan fingerprint density at radius 2 is 1.58 bits per heavy atom. The third kappa shape index (κ3) is 3.97. The standard InChI is InChI=1S/C23H18O7S/c1-27-20-11-9-17(13-22(20)28-2)31(25,26)30-16-8-10-18-21(12-16)29-14-19(23(18)24)15-6-4-3-5-7-15/h3-14H,1-2H3. The zero-order valence-corrected chi connectivity index (χ0v) is 17.5. The van der Waals surface area contributed by atoms with Gasteiger partial charge in [0.15, 0.2) is 16.9 Å². The molecule has 7 nitrogen and oxygen atoms in total. The molecule has 0 aliphatic carbocycles. The summed E-state index contributed by atoms with van der Waals surface area (Å²) in [7, 11) is -1.30. The van der Waals surface area contributed by atoms with Gasteiger partial charge >= 0.3 is 10.1 Å². The SMILES string of the molecule is COc1ccc(S(=O)(=O)Oc2ccc3c(=O)c(-c4ccccc4)coc3c2)cc1OC. The van der Waals surface area contributed by atoms with Crippen molar-refractivity contribution in [1.82, 2.24) is 0 Å². The molecule has 4 rings (SSSR count). The summed E-state index contributed by atoms with van der Waals surface area (Å²) in [6, 6.07) is 17.5. The maximum Gasteiger partial charge on any atom is 0.339 e. The highest BCUT2D eigenvalue weighted by Gasteiger charge is 2.20. The van der Waals surface area contributed by atoms with E-state index in [-0.39, 0.29) is 27.4 Å². The van der Waals surface area contributed by atoms with E-state index in [1.54, 1.807) is 0 Å². The lowest BCUT2D eigenvalue weighted by Gasteiger charge is -2.11. The molecule has 0 saturated carbocycles. The maximum atomic E-state index is 12.8. The van der Waals surface area contributed by atoms with Gasteiger partial charge in [-0.1, -0.05) is 30.3 Å². The van der Waals surface area contributed by atoms with Crippen molar-refractivity contribution >= 4 is 21.1 Å². The van der Waals surface area contributed by atoms with Crippen molar-refractivity contribution in [3.8, 4) is 28.4 Å². The Hall–Kier alpha value is -3.78. The van der Waals surface area contributed by atoms with Crippen LogP contribution in [-0.2, 0) is 10.1 Å². The summed E-state index contributed by atoms with van der Waals surface area (Å²) in [5.74, 6) is 0.658. The van der Waals surface area contributed by atoms with Crippen LogP contribution in [0.2, 0.25) is 0 Å². The van der Waals surface area contributed by atoms with E-state index in [4.69, 9.17) is 18.1 Å². The first-order valence-corrected chi connectivity index (χ1v) is 10.6. The number of hydrogen-bond acceptors (Lipinski definition) is 7. The molecule has 0 bridgehead atoms. The Morgan fingerprint density at radius 1 is 0.839 bits per heavy atom. The minimum absolute atomic E-state index is 0.0119. The van der Waals surface area contributed by atoms with E-state index < -0.39 is 10.1 Å². The van der Waals surface area contributed by atoms with Crippen molar-refractivity contribution in [2.45, 2.75) is 4.90 Å². The van der Waals surface area contributed by atoms with Gasteiger partial charge < -0.3 is 18.1 Å². The van der Waals surface area contributed by atoms with Crippen LogP contribution in [-0.4, -0.2) is 22.6 Å². The lowest BCUT2D eigenvalue weighted by atomic mass is 10.1. The van der Waals surface area contributed by atoms with Crippen LogP contribution in [0.25, 0.3) is 22.1 Å². The summed E-state index contributed by atoms with van der Waals surface area (Å²) in [5.41, 5.74) is 1.14. The fourth-order valence-corrected chi connectivity index (χ4v) is 4.06. The molecular weight excluding hydrogens is 420 g/mol. The van der Waals surface area contributed by atoms with Gasteiger partial charge in [-0.3, -0.25) is 4.79 Å². The van der Waals surface area contributed by atoms with E-state index in [1.165, 1.54) is 56.9 Å². The van der Waals surface area contributed by atoms with Crippen molar-refractivity contribution in [1.29, 1.82) is 0 Å². The van der Waals surface area contributed by atoms with Gasteiger partial charge in [0.2, 0.25) is 0 Å². The summed E-state index contributed by atoms with van der Waals surface area (Å²) in [4.78, 5) is 12.7. The molecule has 1 aromatic heterocycles. The predicted octanol–water partition coefficient (Wildman–Crippen LogP) is 4.24. The van der Waals surface area contributed by atoms with E-state index in [0.29, 0.717) is 16.7 Å². The van der Waals surface area contributed by atoms with Crippen molar-refractivity contribution in [2.75, 3.05) is 14.2 Å². The number of hydrogen-bond donors (Lipinski definition) is 0. The quantitative estimate of drug-likeness (QED) is 0.416. The number of fused-ring (bicyclic) bond motifs is 1. The topological polar surface area (TPSA) is 92.0 Å². The summed E-state index contributed by atoms with van der Waals surface area (Å²) in [5, 5.41) is 0.317. The summed E-state index contributed by atoms with van der Waals surface area (Å²) in [6.07, 6.45) is 1.35. The van der Waals surface area contributed by atoms with Crippen LogP contribution in [0.15, 0.2) is 87.1 Å². The molecule has 3 aromatic carbocycles. The summed E-state index contributed by atoms with van der Waals surface area (Å²) >= 11 is 0. The predicted molar refractivity (Wildman–Crippen MR) is 115 cm³/mol. The molecule has 4 aromatic rings. The molecule has 0 aliphatic rings. The van der Waals surface area contributed by atoms with E-state index >= 15 is 0 Å². The molecule has 31 heavy (non-hydrogen) atoms. The highest BCUT2D eigenvalue weighted by atomic mass is 32.2. The van der Waals surface area contributed by atoms with Crippen LogP contribution < -0.4 is 19.1 Å². The van der Waals surface area contributed by atoms with E-state index in [1.807, 2.05) is 30.3 Å². The molecule has 8 heteroatoms. The average Bonchev–Trinajstić information content (AvgIpc) is 2.79. The Labute approximate surface area is 178 Å². The summed E-state index contributed by atoms with van der Waals surface area (Å²) in [6.45, 7) is 0. The zero-order chi connectivity index (χ0) is 22.0. The van der Waals surface area contributed by atoms with Crippen LogP contribution >= 0.6 is 0 Å². The molecule has 0 spiro atoms. The lowest BCUT2D eigenvalue weighted by molar-refractivity contribution is 0.353. The Morgan fingerprint density at radius 3 is 2.29 bits per heavy atom. The Balaban J connectivity index is 1.68. The number of ether oxygens (including phenoxy) is 2. The highest BCUT2D eigenvalue weighted by Crippen LogP contribution is 2.31. The summed E-state index contributed by atoms with van der Waals surface area (Å²) < 4.78 is 46.5. The van der Waals surface area contributed by atoms with E-state index in [0.717, 1.165) is 5.56 Å². The second-order valence-electron chi connectivity index (χ2n) is 6.56. The zero-order valence-electron chi connectivity index (χ0n) is 16.7. The van der Waals surface area contributed by atoms with Gasteiger partial charge in [-0.15, -0.1) is 0 Å². The molecule has 0 atom stereocenters. The van der Waals surface area contributed by atoms with Gasteiger partial charge in [0.25, 0.3) is 0 Å². The molecule has 0 unspecified atom stereocenters. The monoisotopic (exact) mass is 438 g/mol. The maximum absolute atomic E-state index is 12.8. The van der Waals surface area contributed by atoms with Crippen molar-refractivity contribution < 1.29 is 26.5 Å². The second kappa shape index (κ2) is 8.16. The van der Waals surface area contributed by atoms with Crippen LogP contribution in [0.3, 0.4) is 0 Å². The molecule has 0 saturated heterocycles. The third-order valence-corrected chi connectivity index (χ3v) is 5.92. The minimum atomic E-state index is -4.16. The van der Waals surface area contributed by atoms with Crippen LogP contribution in [0, 0.1) is 0 Å². The molecule has 0 N–H and O–H groups in total. The van der Waals surface area contributed by atoms with E-state index in [2.05, 4.69) is 0 Å². The number of benzene rings is 3. The van der Waals surface area contributed by atoms with Crippen LogP contribution in [0.5, 0.6) is 17.2 Å². The van der Waals surface area contributed by atoms with Gasteiger partial charge in [0.1, 0.15) is 22.5 Å². The average molecular weight is 438 g/mol. The van der Waals surface area contributed by atoms with Gasteiger partial charge in [-0.05, 0) is 29.8 Å². The second-order valence-corrected chi connectivity index (χ2v) is 8.10. The van der Waals surface area contributed by atoms with Crippen LogP contribution in [0.4, 0.5) is 0 Å². The van der Waals surface area contributed by atoms with Crippen molar-refractivity contribution in [3.05, 3.63) is 83.2 Å². The van der Waals surface area contributed by atoms with Crippen molar-refractivity contribution in [3.63, 3.8) is 0 Å². The molecule has 0 aliphatic heterocycles. The minimum Gasteiger partial charge on any atom is -0.493 e. The first-order valence-electron chi connectivity index (χ1n) is 9.20. The fraction of sp³-hybridized carbons (Fsp3) is 0.0870. The Bertz CT molecular complexity index is 1410. The van der Waals surface area contributed by atoms with Crippen molar-refractivity contribution in [2.24, 2.45) is 0 Å². The molecule has 0 amide bonds. The van der Waals surface area contributed by atoms with Gasteiger partial charge in [-0.2, -0.15) is 8.42 Å². The molecular formula is C23H18O7S. The first-order chi connectivity index (χ1) is 14.9. The van der Waals surface area contributed by atoms with Gasteiger partial charge in [-0.25, -0.2) is 0 Å². The molecule has 1 heterocycles. The smallest absolute Gasteiger partial charge is 0.339 e. The lowest BCUT2D eigenvalue weighted by Crippen LogP contribution is -2.10. The largest absolute Gasteiger partial charge is 0.493 e. The molecule has 158 valence electrons. The van der Waals surface area contributed by atoms with E-state index in [9.17, 15) is 13.2 Å². The van der Waals surface area contributed by atoms with Gasteiger partial charge in [0.05, 0.1) is 25.2 Å². The third-order valence-electron chi connectivity index (χ3n) is 4.68. The first kappa shape index (κ1) is 20.5.